The highest BCUT2D eigenvalue weighted by Gasteiger charge is 2.26. The van der Waals surface area contributed by atoms with E-state index in [1.165, 1.54) is 0 Å². The summed E-state index contributed by atoms with van der Waals surface area (Å²) in [5, 5.41) is 11.9. The fourth-order valence-electron chi connectivity index (χ4n) is 1.45. The lowest BCUT2D eigenvalue weighted by Gasteiger charge is -2.19. The molecule has 2 rings (SSSR count). The molecule has 0 saturated heterocycles. The van der Waals surface area contributed by atoms with Gasteiger partial charge in [0.25, 0.3) is 0 Å². The van der Waals surface area contributed by atoms with Gasteiger partial charge in [-0.25, -0.2) is 9.97 Å². The van der Waals surface area contributed by atoms with Crippen LogP contribution in [0.5, 0.6) is 0 Å². The molecule has 0 amide bonds. The van der Waals surface area contributed by atoms with Crippen molar-refractivity contribution in [3.63, 3.8) is 0 Å². The molecule has 2 aromatic heterocycles. The van der Waals surface area contributed by atoms with Crippen molar-refractivity contribution >= 4 is 11.9 Å². The van der Waals surface area contributed by atoms with Crippen LogP contribution in [0.2, 0.25) is 0 Å². The van der Waals surface area contributed by atoms with E-state index < -0.39 is 11.4 Å². The van der Waals surface area contributed by atoms with E-state index in [0.717, 1.165) is 11.1 Å². The third-order valence-corrected chi connectivity index (χ3v) is 2.85. The van der Waals surface area contributed by atoms with Gasteiger partial charge in [0.15, 0.2) is 0 Å². The molecule has 0 bridgehead atoms. The van der Waals surface area contributed by atoms with Crippen molar-refractivity contribution in [3.8, 4) is 11.1 Å². The summed E-state index contributed by atoms with van der Waals surface area (Å²) in [5.74, 6) is -0.433. The molecule has 0 aromatic carbocycles. The molecule has 0 fully saturated rings. The molecule has 3 N–H and O–H groups in total. The first-order valence-corrected chi connectivity index (χ1v) is 5.91. The third kappa shape index (κ3) is 3.09. The van der Waals surface area contributed by atoms with Crippen LogP contribution in [0.3, 0.4) is 0 Å². The number of carboxylic acid groups (broad SMARTS) is 1. The number of anilines is 1. The maximum absolute atomic E-state index is 11.0. The summed E-state index contributed by atoms with van der Waals surface area (Å²) in [7, 11) is 0. The molecule has 0 atom stereocenters. The standard InChI is InChI=1S/C13H16N4O2/c1-13(2,11(18)19)8-17-12-15-6-10(7-16-12)9-3-4-14-5-9/h3-7,14H,8H2,1-2H3,(H,18,19)(H,15,16,17). The minimum Gasteiger partial charge on any atom is -0.481 e. The van der Waals surface area contributed by atoms with E-state index in [1.807, 2.05) is 18.5 Å². The Hall–Kier alpha value is -2.37. The van der Waals surface area contributed by atoms with Crippen LogP contribution < -0.4 is 5.32 Å². The van der Waals surface area contributed by atoms with Crippen molar-refractivity contribution in [2.24, 2.45) is 5.41 Å². The van der Waals surface area contributed by atoms with E-state index >= 15 is 0 Å². The van der Waals surface area contributed by atoms with Crippen LogP contribution in [0.15, 0.2) is 30.9 Å². The second-order valence-corrected chi connectivity index (χ2v) is 4.94. The third-order valence-electron chi connectivity index (χ3n) is 2.85. The number of aromatic nitrogens is 3. The van der Waals surface area contributed by atoms with Gasteiger partial charge in [-0.15, -0.1) is 0 Å². The number of H-pyrrole nitrogens is 1. The number of rotatable bonds is 5. The summed E-state index contributed by atoms with van der Waals surface area (Å²) < 4.78 is 0. The zero-order valence-electron chi connectivity index (χ0n) is 10.8. The van der Waals surface area contributed by atoms with Gasteiger partial charge in [0.1, 0.15) is 0 Å². The van der Waals surface area contributed by atoms with E-state index in [0.29, 0.717) is 5.95 Å². The second-order valence-electron chi connectivity index (χ2n) is 4.94. The van der Waals surface area contributed by atoms with Crippen molar-refractivity contribution in [2.45, 2.75) is 13.8 Å². The van der Waals surface area contributed by atoms with Gasteiger partial charge in [0.2, 0.25) is 5.95 Å². The van der Waals surface area contributed by atoms with E-state index in [-0.39, 0.29) is 6.54 Å². The highest BCUT2D eigenvalue weighted by atomic mass is 16.4. The van der Waals surface area contributed by atoms with Crippen molar-refractivity contribution < 1.29 is 9.90 Å². The lowest BCUT2D eigenvalue weighted by molar-refractivity contribution is -0.146. The molecule has 2 heterocycles. The van der Waals surface area contributed by atoms with Crippen molar-refractivity contribution in [3.05, 3.63) is 30.9 Å². The fraction of sp³-hybridized carbons (Fsp3) is 0.308. The Morgan fingerprint density at radius 2 is 2.05 bits per heavy atom. The number of nitrogens with zero attached hydrogens (tertiary/aromatic N) is 2. The number of carboxylic acids is 1. The summed E-state index contributed by atoms with van der Waals surface area (Å²) in [6.45, 7) is 3.57. The molecule has 2 aromatic rings. The van der Waals surface area contributed by atoms with E-state index in [9.17, 15) is 4.79 Å². The maximum Gasteiger partial charge on any atom is 0.310 e. The van der Waals surface area contributed by atoms with Gasteiger partial charge in [0, 0.05) is 42.5 Å². The minimum absolute atomic E-state index is 0.270. The van der Waals surface area contributed by atoms with Gasteiger partial charge in [-0.3, -0.25) is 4.79 Å². The molecule has 0 aliphatic heterocycles. The number of aromatic amines is 1. The van der Waals surface area contributed by atoms with Gasteiger partial charge in [-0.1, -0.05) is 0 Å². The van der Waals surface area contributed by atoms with Gasteiger partial charge in [-0.2, -0.15) is 0 Å². The molecular formula is C13H16N4O2. The van der Waals surface area contributed by atoms with Crippen LogP contribution in [-0.2, 0) is 4.79 Å². The van der Waals surface area contributed by atoms with Crippen LogP contribution in [0, 0.1) is 5.41 Å². The van der Waals surface area contributed by atoms with Crippen molar-refractivity contribution in [1.82, 2.24) is 15.0 Å². The molecule has 0 aliphatic rings. The Labute approximate surface area is 110 Å². The summed E-state index contributed by atoms with van der Waals surface area (Å²) in [5.41, 5.74) is 1.06. The maximum atomic E-state index is 11.0. The Balaban J connectivity index is 2.02. The SMILES string of the molecule is CC(C)(CNc1ncc(-c2cc[nH]c2)cn1)C(=O)O. The zero-order chi connectivity index (χ0) is 13.9. The van der Waals surface area contributed by atoms with Gasteiger partial charge >= 0.3 is 5.97 Å². The van der Waals surface area contributed by atoms with Gasteiger partial charge in [0.05, 0.1) is 5.41 Å². The zero-order valence-corrected chi connectivity index (χ0v) is 10.8. The molecule has 19 heavy (non-hydrogen) atoms. The highest BCUT2D eigenvalue weighted by Crippen LogP contribution is 2.18. The average molecular weight is 260 g/mol. The van der Waals surface area contributed by atoms with Crippen LogP contribution in [0.4, 0.5) is 5.95 Å². The quantitative estimate of drug-likeness (QED) is 0.764. The van der Waals surface area contributed by atoms with Gasteiger partial charge in [-0.05, 0) is 19.9 Å². The van der Waals surface area contributed by atoms with Crippen LogP contribution >= 0.6 is 0 Å². The number of carbonyl (C=O) groups is 1. The lowest BCUT2D eigenvalue weighted by atomic mass is 9.94. The summed E-state index contributed by atoms with van der Waals surface area (Å²) in [4.78, 5) is 22.3. The first-order chi connectivity index (χ1) is 8.99. The Bertz CT molecular complexity index is 547. The van der Waals surface area contributed by atoms with Gasteiger partial charge < -0.3 is 15.4 Å². The van der Waals surface area contributed by atoms with Crippen molar-refractivity contribution in [1.29, 1.82) is 0 Å². The monoisotopic (exact) mass is 260 g/mol. The second kappa shape index (κ2) is 5.09. The normalized spacial score (nSPS) is 11.3. The molecule has 0 saturated carbocycles. The molecule has 0 spiro atoms. The van der Waals surface area contributed by atoms with E-state index in [2.05, 4.69) is 20.3 Å². The Morgan fingerprint density at radius 1 is 1.37 bits per heavy atom. The van der Waals surface area contributed by atoms with Crippen molar-refractivity contribution in [2.75, 3.05) is 11.9 Å². The van der Waals surface area contributed by atoms with E-state index in [4.69, 9.17) is 5.11 Å². The number of aliphatic carboxylic acids is 1. The minimum atomic E-state index is -0.858. The summed E-state index contributed by atoms with van der Waals surface area (Å²) in [6, 6.07) is 1.93. The molecular weight excluding hydrogens is 244 g/mol. The molecule has 6 nitrogen and oxygen atoms in total. The molecule has 6 heteroatoms. The average Bonchev–Trinajstić information content (AvgIpc) is 2.91. The predicted octanol–water partition coefficient (Wildman–Crippen LogP) is 1.99. The smallest absolute Gasteiger partial charge is 0.310 e. The number of nitrogens with one attached hydrogen (secondary N) is 2. The topological polar surface area (TPSA) is 90.9 Å². The summed E-state index contributed by atoms with van der Waals surface area (Å²) >= 11 is 0. The largest absolute Gasteiger partial charge is 0.481 e. The van der Waals surface area contributed by atoms with Crippen LogP contribution in [0.25, 0.3) is 11.1 Å². The first-order valence-electron chi connectivity index (χ1n) is 5.91. The van der Waals surface area contributed by atoms with E-state index in [1.54, 1.807) is 26.2 Å². The molecule has 0 aliphatic carbocycles. The molecule has 0 radical (unpaired) electrons. The Kier molecular flexibility index (Phi) is 3.50. The predicted molar refractivity (Wildman–Crippen MR) is 71.7 cm³/mol. The number of hydrogen-bond acceptors (Lipinski definition) is 4. The van der Waals surface area contributed by atoms with Crippen LogP contribution in [0.1, 0.15) is 13.8 Å². The van der Waals surface area contributed by atoms with Crippen LogP contribution in [-0.4, -0.2) is 32.6 Å². The first kappa shape index (κ1) is 13.1. The number of hydrogen-bond donors (Lipinski definition) is 3. The Morgan fingerprint density at radius 3 is 2.58 bits per heavy atom. The molecule has 100 valence electrons. The fourth-order valence-corrected chi connectivity index (χ4v) is 1.45. The highest BCUT2D eigenvalue weighted by molar-refractivity contribution is 5.74. The summed E-state index contributed by atoms with van der Waals surface area (Å²) in [6.07, 6.45) is 7.09. The molecule has 0 unspecified atom stereocenters. The lowest BCUT2D eigenvalue weighted by Crippen LogP contribution is -2.32.